The van der Waals surface area contributed by atoms with Crippen molar-refractivity contribution >= 4 is 33.8 Å². The van der Waals surface area contributed by atoms with Crippen molar-refractivity contribution < 1.29 is 0 Å². The molecule has 0 aliphatic heterocycles. The number of imidazole rings is 1. The van der Waals surface area contributed by atoms with E-state index in [0.29, 0.717) is 0 Å². The van der Waals surface area contributed by atoms with Gasteiger partial charge in [-0.3, -0.25) is 0 Å². The van der Waals surface area contributed by atoms with E-state index in [9.17, 15) is 0 Å². The minimum Gasteiger partial charge on any atom is -0.337 e. The Morgan fingerprint density at radius 2 is 1.88 bits per heavy atom. The molecule has 0 aliphatic rings. The summed E-state index contributed by atoms with van der Waals surface area (Å²) < 4.78 is 1.18. The number of rotatable bonds is 1. The summed E-state index contributed by atoms with van der Waals surface area (Å²) in [7, 11) is 0. The Hall–Kier alpha value is -1.43. The van der Waals surface area contributed by atoms with Gasteiger partial charge in [0.1, 0.15) is 5.82 Å². The number of fused-ring (bicyclic) bond motifs is 1. The van der Waals surface area contributed by atoms with Crippen LogP contribution in [0, 0.1) is 10.5 Å². The van der Waals surface area contributed by atoms with E-state index < -0.39 is 0 Å². The molecule has 0 saturated carbocycles. The molecule has 0 aliphatic carbocycles. The molecule has 4 heteroatoms. The first kappa shape index (κ1) is 10.7. The van der Waals surface area contributed by atoms with Gasteiger partial charge in [-0.15, -0.1) is 0 Å². The lowest BCUT2D eigenvalue weighted by Crippen LogP contribution is -1.84. The fourth-order valence-corrected chi connectivity index (χ4v) is 2.41. The lowest BCUT2D eigenvalue weighted by atomic mass is 10.2. The Morgan fingerprint density at radius 3 is 2.71 bits per heavy atom. The largest absolute Gasteiger partial charge is 0.337 e. The van der Waals surface area contributed by atoms with E-state index in [1.165, 1.54) is 3.57 Å². The highest BCUT2D eigenvalue weighted by Crippen LogP contribution is 2.24. The molecule has 0 saturated heterocycles. The summed E-state index contributed by atoms with van der Waals surface area (Å²) in [5.74, 6) is 0.878. The molecule has 1 N–H and O–H groups in total. The molecule has 84 valence electrons. The van der Waals surface area contributed by atoms with Crippen molar-refractivity contribution in [3.63, 3.8) is 0 Å². The van der Waals surface area contributed by atoms with E-state index >= 15 is 0 Å². The number of pyridine rings is 1. The second-order valence-electron chi connectivity index (χ2n) is 3.89. The fourth-order valence-electron chi connectivity index (χ4n) is 1.77. The molecule has 0 fully saturated rings. The molecule has 0 spiro atoms. The van der Waals surface area contributed by atoms with Crippen molar-refractivity contribution in [2.75, 3.05) is 0 Å². The van der Waals surface area contributed by atoms with Crippen LogP contribution in [0.5, 0.6) is 0 Å². The summed E-state index contributed by atoms with van der Waals surface area (Å²) in [4.78, 5) is 12.2. The van der Waals surface area contributed by atoms with Crippen molar-refractivity contribution in [1.29, 1.82) is 0 Å². The van der Waals surface area contributed by atoms with Gasteiger partial charge >= 0.3 is 0 Å². The number of aromatic amines is 1. The maximum absolute atomic E-state index is 4.53. The first-order valence-corrected chi connectivity index (χ1v) is 6.40. The molecule has 0 radical (unpaired) electrons. The summed E-state index contributed by atoms with van der Waals surface area (Å²) >= 11 is 2.31. The number of nitrogens with zero attached hydrogens (tertiary/aromatic N) is 2. The van der Waals surface area contributed by atoms with Crippen LogP contribution in [0.4, 0.5) is 0 Å². The third kappa shape index (κ3) is 1.93. The Labute approximate surface area is 112 Å². The predicted molar refractivity (Wildman–Crippen MR) is 76.8 cm³/mol. The number of aryl methyl sites for hydroxylation is 1. The van der Waals surface area contributed by atoms with E-state index in [2.05, 4.69) is 49.7 Å². The molecule has 0 bridgehead atoms. The molecule has 0 unspecified atom stereocenters. The number of halogens is 1. The Kier molecular flexibility index (Phi) is 2.58. The van der Waals surface area contributed by atoms with Crippen LogP contribution < -0.4 is 0 Å². The molecular weight excluding hydrogens is 325 g/mol. The number of benzene rings is 1. The molecule has 2 heterocycles. The Bertz CT molecular complexity index is 688. The minimum absolute atomic E-state index is 0.777. The zero-order chi connectivity index (χ0) is 11.8. The minimum atomic E-state index is 0.777. The van der Waals surface area contributed by atoms with Gasteiger partial charge in [-0.25, -0.2) is 9.97 Å². The van der Waals surface area contributed by atoms with E-state index in [1.54, 1.807) is 0 Å². The maximum atomic E-state index is 4.53. The summed E-state index contributed by atoms with van der Waals surface area (Å²) in [5.41, 5.74) is 3.85. The Morgan fingerprint density at radius 1 is 1.06 bits per heavy atom. The van der Waals surface area contributed by atoms with Crippen LogP contribution >= 0.6 is 22.6 Å². The van der Waals surface area contributed by atoms with E-state index in [-0.39, 0.29) is 0 Å². The zero-order valence-electron chi connectivity index (χ0n) is 9.24. The molecule has 3 rings (SSSR count). The standard InChI is InChI=1S/C13H10IN3/c1-8-6-7-11-13(15-8)17-12(16-11)9-4-2-3-5-10(9)14/h2-7H,1H3,(H,15,16,17). The number of nitrogens with one attached hydrogen (secondary N) is 1. The van der Waals surface area contributed by atoms with Gasteiger partial charge in [-0.1, -0.05) is 18.2 Å². The number of hydrogen-bond acceptors (Lipinski definition) is 2. The van der Waals surface area contributed by atoms with Crippen molar-refractivity contribution in [2.45, 2.75) is 6.92 Å². The molecule has 0 amide bonds. The lowest BCUT2D eigenvalue weighted by Gasteiger charge is -1.98. The molecule has 3 nitrogen and oxygen atoms in total. The topological polar surface area (TPSA) is 41.6 Å². The molecule has 1 aromatic carbocycles. The van der Waals surface area contributed by atoms with Gasteiger partial charge in [0.15, 0.2) is 5.65 Å². The van der Waals surface area contributed by atoms with Gasteiger partial charge < -0.3 is 4.98 Å². The summed E-state index contributed by atoms with van der Waals surface area (Å²) in [6, 6.07) is 12.2. The fraction of sp³-hybridized carbons (Fsp3) is 0.0769. The second kappa shape index (κ2) is 4.10. The third-order valence-corrected chi connectivity index (χ3v) is 3.55. The summed E-state index contributed by atoms with van der Waals surface area (Å²) in [5, 5.41) is 0. The predicted octanol–water partition coefficient (Wildman–Crippen LogP) is 3.54. The van der Waals surface area contributed by atoms with E-state index in [1.807, 2.05) is 31.2 Å². The normalized spacial score (nSPS) is 10.9. The van der Waals surface area contributed by atoms with Gasteiger partial charge in [-0.05, 0) is 47.7 Å². The van der Waals surface area contributed by atoms with Gasteiger partial charge in [0, 0.05) is 14.8 Å². The van der Waals surface area contributed by atoms with Gasteiger partial charge in [0.25, 0.3) is 0 Å². The van der Waals surface area contributed by atoms with Gasteiger partial charge in [-0.2, -0.15) is 0 Å². The van der Waals surface area contributed by atoms with Crippen LogP contribution in [-0.2, 0) is 0 Å². The average molecular weight is 335 g/mol. The van der Waals surface area contributed by atoms with Crippen LogP contribution in [0.15, 0.2) is 36.4 Å². The smallest absolute Gasteiger partial charge is 0.178 e. The van der Waals surface area contributed by atoms with Crippen molar-refractivity contribution in [1.82, 2.24) is 15.0 Å². The molecular formula is C13H10IN3. The lowest BCUT2D eigenvalue weighted by molar-refractivity contribution is 1.22. The molecule has 3 aromatic rings. The average Bonchev–Trinajstić information content (AvgIpc) is 2.72. The Balaban J connectivity index is 2.22. The quantitative estimate of drug-likeness (QED) is 0.691. The molecule has 0 atom stereocenters. The highest BCUT2D eigenvalue weighted by molar-refractivity contribution is 14.1. The van der Waals surface area contributed by atoms with Crippen LogP contribution in [0.25, 0.3) is 22.6 Å². The first-order chi connectivity index (χ1) is 8.24. The van der Waals surface area contributed by atoms with E-state index in [0.717, 1.165) is 28.2 Å². The van der Waals surface area contributed by atoms with Crippen LogP contribution in [-0.4, -0.2) is 15.0 Å². The summed E-state index contributed by atoms with van der Waals surface area (Å²) in [6.07, 6.45) is 0. The van der Waals surface area contributed by atoms with Crippen LogP contribution in [0.3, 0.4) is 0 Å². The highest BCUT2D eigenvalue weighted by Gasteiger charge is 2.08. The van der Waals surface area contributed by atoms with Gasteiger partial charge in [0.2, 0.25) is 0 Å². The maximum Gasteiger partial charge on any atom is 0.178 e. The van der Waals surface area contributed by atoms with Crippen LogP contribution in [0.1, 0.15) is 5.69 Å². The molecule has 2 aromatic heterocycles. The van der Waals surface area contributed by atoms with Gasteiger partial charge in [0.05, 0.1) is 5.52 Å². The number of aromatic nitrogens is 3. The number of hydrogen-bond donors (Lipinski definition) is 1. The summed E-state index contributed by atoms with van der Waals surface area (Å²) in [6.45, 7) is 1.97. The van der Waals surface area contributed by atoms with Crippen molar-refractivity contribution in [3.05, 3.63) is 45.7 Å². The highest BCUT2D eigenvalue weighted by atomic mass is 127. The third-order valence-electron chi connectivity index (χ3n) is 2.61. The SMILES string of the molecule is Cc1ccc2[nH]c(-c3ccccc3I)nc2n1. The molecule has 17 heavy (non-hydrogen) atoms. The second-order valence-corrected chi connectivity index (χ2v) is 5.05. The van der Waals surface area contributed by atoms with Crippen molar-refractivity contribution in [2.24, 2.45) is 0 Å². The van der Waals surface area contributed by atoms with Crippen LogP contribution in [0.2, 0.25) is 0 Å². The van der Waals surface area contributed by atoms with Crippen molar-refractivity contribution in [3.8, 4) is 11.4 Å². The monoisotopic (exact) mass is 335 g/mol. The first-order valence-electron chi connectivity index (χ1n) is 5.32. The van der Waals surface area contributed by atoms with E-state index in [4.69, 9.17) is 0 Å². The number of H-pyrrole nitrogens is 1. The zero-order valence-corrected chi connectivity index (χ0v) is 11.4.